The fraction of sp³-hybridized carbons (Fsp3) is 0.556. The van der Waals surface area contributed by atoms with Crippen LogP contribution in [0, 0.1) is 12.8 Å². The van der Waals surface area contributed by atoms with Crippen LogP contribution in [0.1, 0.15) is 25.2 Å². The highest BCUT2D eigenvalue weighted by Crippen LogP contribution is 2.23. The molecule has 1 aromatic heterocycles. The number of fused-ring (bicyclic) bond motifs is 1. The van der Waals surface area contributed by atoms with Crippen molar-refractivity contribution in [3.63, 3.8) is 0 Å². The first kappa shape index (κ1) is 15.4. The minimum absolute atomic E-state index is 0.0153. The van der Waals surface area contributed by atoms with Gasteiger partial charge in [-0.15, -0.1) is 0 Å². The number of likely N-dealkylation sites (tertiary alicyclic amines) is 2. The van der Waals surface area contributed by atoms with Crippen molar-refractivity contribution >= 4 is 22.8 Å². The normalized spacial score (nSPS) is 21.7. The monoisotopic (exact) mass is 328 g/mol. The lowest BCUT2D eigenvalue weighted by Crippen LogP contribution is -2.34. The second kappa shape index (κ2) is 6.43. The molecule has 2 aromatic rings. The van der Waals surface area contributed by atoms with Crippen molar-refractivity contribution < 1.29 is 9.21 Å². The Morgan fingerprint density at radius 1 is 1.33 bits per heavy atom. The van der Waals surface area contributed by atoms with Crippen LogP contribution in [0.3, 0.4) is 0 Å². The standard InChI is InChI=1S/C18H24N4O2/c1-13-19-16-10-15(4-5-17(16)24-13)20-18(23)22-9-6-14(12-22)11-21-7-2-3-8-21/h4-5,10,14H,2-3,6-9,11-12H2,1H3,(H,20,23)/t14-/m1/s1. The van der Waals surface area contributed by atoms with Gasteiger partial charge < -0.3 is 19.5 Å². The molecule has 3 heterocycles. The fourth-order valence-electron chi connectivity index (χ4n) is 3.82. The molecule has 2 saturated heterocycles. The highest BCUT2D eigenvalue weighted by Gasteiger charge is 2.28. The molecule has 2 amide bonds. The highest BCUT2D eigenvalue weighted by atomic mass is 16.3. The summed E-state index contributed by atoms with van der Waals surface area (Å²) in [5.41, 5.74) is 2.29. The molecule has 0 radical (unpaired) electrons. The van der Waals surface area contributed by atoms with E-state index in [1.807, 2.05) is 30.0 Å². The predicted octanol–water partition coefficient (Wildman–Crippen LogP) is 3.09. The number of oxazole rings is 1. The third-order valence-corrected chi connectivity index (χ3v) is 5.03. The van der Waals surface area contributed by atoms with Crippen molar-refractivity contribution in [2.24, 2.45) is 5.92 Å². The summed E-state index contributed by atoms with van der Waals surface area (Å²) < 4.78 is 5.47. The van der Waals surface area contributed by atoms with Gasteiger partial charge in [-0.3, -0.25) is 0 Å². The molecule has 24 heavy (non-hydrogen) atoms. The van der Waals surface area contributed by atoms with Crippen LogP contribution >= 0.6 is 0 Å². The number of urea groups is 1. The maximum atomic E-state index is 12.5. The third-order valence-electron chi connectivity index (χ3n) is 5.03. The summed E-state index contributed by atoms with van der Waals surface area (Å²) in [5, 5.41) is 2.99. The Morgan fingerprint density at radius 2 is 2.17 bits per heavy atom. The van der Waals surface area contributed by atoms with Gasteiger partial charge in [0, 0.05) is 32.2 Å². The topological polar surface area (TPSA) is 61.6 Å². The second-order valence-electron chi connectivity index (χ2n) is 6.95. The first-order valence-corrected chi connectivity index (χ1v) is 8.83. The molecular weight excluding hydrogens is 304 g/mol. The first-order valence-electron chi connectivity index (χ1n) is 8.83. The first-order chi connectivity index (χ1) is 11.7. The third kappa shape index (κ3) is 3.24. The molecule has 0 saturated carbocycles. The average Bonchev–Trinajstić information content (AvgIpc) is 3.27. The van der Waals surface area contributed by atoms with Crippen LogP contribution in [-0.2, 0) is 0 Å². The molecule has 1 atom stereocenters. The maximum absolute atomic E-state index is 12.5. The molecule has 6 nitrogen and oxygen atoms in total. The number of rotatable bonds is 3. The molecule has 6 heteroatoms. The van der Waals surface area contributed by atoms with Gasteiger partial charge in [-0.25, -0.2) is 9.78 Å². The highest BCUT2D eigenvalue weighted by molar-refractivity contribution is 5.91. The summed E-state index contributed by atoms with van der Waals surface area (Å²) in [6.45, 7) is 7.10. The number of hydrogen-bond acceptors (Lipinski definition) is 4. The molecule has 2 aliphatic rings. The summed E-state index contributed by atoms with van der Waals surface area (Å²) >= 11 is 0. The van der Waals surface area contributed by atoms with Crippen LogP contribution in [0.2, 0.25) is 0 Å². The number of aryl methyl sites for hydroxylation is 1. The Morgan fingerprint density at radius 3 is 3.00 bits per heavy atom. The van der Waals surface area contributed by atoms with E-state index in [2.05, 4.69) is 15.2 Å². The van der Waals surface area contributed by atoms with Crippen molar-refractivity contribution in [1.82, 2.24) is 14.8 Å². The van der Waals surface area contributed by atoms with E-state index in [-0.39, 0.29) is 6.03 Å². The molecular formula is C18H24N4O2. The molecule has 0 spiro atoms. The molecule has 0 bridgehead atoms. The largest absolute Gasteiger partial charge is 0.441 e. The zero-order valence-electron chi connectivity index (χ0n) is 14.1. The van der Waals surface area contributed by atoms with Gasteiger partial charge in [-0.05, 0) is 56.5 Å². The number of anilines is 1. The zero-order valence-corrected chi connectivity index (χ0v) is 14.1. The number of benzene rings is 1. The SMILES string of the molecule is Cc1nc2cc(NC(=O)N3CC[C@H](CN4CCCC4)C3)ccc2o1. The number of carbonyl (C=O) groups is 1. The van der Waals surface area contributed by atoms with Gasteiger partial charge in [0.25, 0.3) is 0 Å². The lowest BCUT2D eigenvalue weighted by molar-refractivity contribution is 0.217. The van der Waals surface area contributed by atoms with Crippen LogP contribution in [-0.4, -0.2) is 53.5 Å². The van der Waals surface area contributed by atoms with Crippen LogP contribution < -0.4 is 5.32 Å². The van der Waals surface area contributed by atoms with E-state index >= 15 is 0 Å². The summed E-state index contributed by atoms with van der Waals surface area (Å²) in [4.78, 5) is 21.3. The zero-order chi connectivity index (χ0) is 16.5. The molecule has 0 aliphatic carbocycles. The molecule has 2 aliphatic heterocycles. The van der Waals surface area contributed by atoms with Gasteiger partial charge in [-0.2, -0.15) is 0 Å². The van der Waals surface area contributed by atoms with E-state index in [4.69, 9.17) is 4.42 Å². The summed E-state index contributed by atoms with van der Waals surface area (Å²) in [7, 11) is 0. The minimum Gasteiger partial charge on any atom is -0.441 e. The summed E-state index contributed by atoms with van der Waals surface area (Å²) in [6.07, 6.45) is 3.74. The van der Waals surface area contributed by atoms with E-state index < -0.39 is 0 Å². The van der Waals surface area contributed by atoms with Gasteiger partial charge >= 0.3 is 6.03 Å². The Balaban J connectivity index is 1.35. The van der Waals surface area contributed by atoms with Crippen molar-refractivity contribution in [2.45, 2.75) is 26.2 Å². The van der Waals surface area contributed by atoms with E-state index in [1.54, 1.807) is 0 Å². The van der Waals surface area contributed by atoms with Gasteiger partial charge in [0.05, 0.1) is 0 Å². The number of carbonyl (C=O) groups excluding carboxylic acids is 1. The molecule has 1 aromatic carbocycles. The maximum Gasteiger partial charge on any atom is 0.321 e. The Hall–Kier alpha value is -2.08. The Bertz CT molecular complexity index is 736. The number of hydrogen-bond donors (Lipinski definition) is 1. The fourth-order valence-corrected chi connectivity index (χ4v) is 3.82. The van der Waals surface area contributed by atoms with E-state index in [9.17, 15) is 4.79 Å². The smallest absolute Gasteiger partial charge is 0.321 e. The summed E-state index contributed by atoms with van der Waals surface area (Å²) in [6, 6.07) is 5.56. The Labute approximate surface area is 141 Å². The van der Waals surface area contributed by atoms with Crippen molar-refractivity contribution in [2.75, 3.05) is 38.0 Å². The quantitative estimate of drug-likeness (QED) is 0.940. The van der Waals surface area contributed by atoms with Crippen LogP contribution in [0.5, 0.6) is 0 Å². The van der Waals surface area contributed by atoms with Gasteiger partial charge in [-0.1, -0.05) is 0 Å². The second-order valence-corrected chi connectivity index (χ2v) is 6.95. The number of aromatic nitrogens is 1. The summed E-state index contributed by atoms with van der Waals surface area (Å²) in [5.74, 6) is 1.24. The molecule has 128 valence electrons. The number of nitrogens with one attached hydrogen (secondary N) is 1. The predicted molar refractivity (Wildman–Crippen MR) is 93.1 cm³/mol. The van der Waals surface area contributed by atoms with Crippen LogP contribution in [0.15, 0.2) is 22.6 Å². The van der Waals surface area contributed by atoms with Gasteiger partial charge in [0.2, 0.25) is 0 Å². The van der Waals surface area contributed by atoms with Gasteiger partial charge in [0.15, 0.2) is 11.5 Å². The molecule has 4 rings (SSSR count). The van der Waals surface area contributed by atoms with Crippen LogP contribution in [0.4, 0.5) is 10.5 Å². The molecule has 2 fully saturated rings. The number of amides is 2. The lowest BCUT2D eigenvalue weighted by atomic mass is 10.1. The van der Waals surface area contributed by atoms with E-state index in [0.29, 0.717) is 11.8 Å². The number of nitrogens with zero attached hydrogens (tertiary/aromatic N) is 3. The van der Waals surface area contributed by atoms with Crippen molar-refractivity contribution in [3.05, 3.63) is 24.1 Å². The Kier molecular flexibility index (Phi) is 4.14. The van der Waals surface area contributed by atoms with Crippen molar-refractivity contribution in [3.8, 4) is 0 Å². The molecule has 1 N–H and O–H groups in total. The lowest BCUT2D eigenvalue weighted by Gasteiger charge is -2.21. The molecule has 0 unspecified atom stereocenters. The van der Waals surface area contributed by atoms with E-state index in [1.165, 1.54) is 25.9 Å². The minimum atomic E-state index is -0.0153. The van der Waals surface area contributed by atoms with Crippen LogP contribution in [0.25, 0.3) is 11.1 Å². The van der Waals surface area contributed by atoms with Crippen molar-refractivity contribution in [1.29, 1.82) is 0 Å². The average molecular weight is 328 g/mol. The van der Waals surface area contributed by atoms with Gasteiger partial charge in [0.1, 0.15) is 5.52 Å². The van der Waals surface area contributed by atoms with E-state index in [0.717, 1.165) is 42.8 Å².